The summed E-state index contributed by atoms with van der Waals surface area (Å²) in [5.41, 5.74) is 1.40. The van der Waals surface area contributed by atoms with Gasteiger partial charge < -0.3 is 34.6 Å². The van der Waals surface area contributed by atoms with Gasteiger partial charge in [0.05, 0.1) is 46.2 Å². The summed E-state index contributed by atoms with van der Waals surface area (Å²) >= 11 is 0. The zero-order valence-corrected chi connectivity index (χ0v) is 20.9. The molecule has 4 unspecified atom stereocenters. The smallest absolute Gasteiger partial charge is 0.101 e. The van der Waals surface area contributed by atoms with Crippen LogP contribution < -0.4 is 0 Å². The van der Waals surface area contributed by atoms with Crippen molar-refractivity contribution in [2.24, 2.45) is 11.8 Å². The molecule has 0 saturated carbocycles. The largest absolute Gasteiger partial charge is 0.394 e. The molecule has 7 nitrogen and oxygen atoms in total. The zero-order valence-electron chi connectivity index (χ0n) is 20.9. The van der Waals surface area contributed by atoms with E-state index < -0.39 is 18.3 Å². The van der Waals surface area contributed by atoms with Gasteiger partial charge in [0.2, 0.25) is 0 Å². The predicted molar refractivity (Wildman–Crippen MR) is 128 cm³/mol. The molecule has 0 aliphatic rings. The highest BCUT2D eigenvalue weighted by molar-refractivity contribution is 4.97. The van der Waals surface area contributed by atoms with Crippen LogP contribution in [0.3, 0.4) is 0 Å². The Morgan fingerprint density at radius 2 is 1.28 bits per heavy atom. The molecule has 4 N–H and O–H groups in total. The Balaban J connectivity index is 3.63. The molecule has 0 bridgehead atoms. The normalized spacial score (nSPS) is 16.3. The minimum Gasteiger partial charge on any atom is -0.394 e. The Hall–Kier alpha value is -0.540. The lowest BCUT2D eigenvalue weighted by Crippen LogP contribution is -2.29. The van der Waals surface area contributed by atoms with Gasteiger partial charge in [0.25, 0.3) is 0 Å². The Kier molecular flexibility index (Phi) is 20.7. The highest BCUT2D eigenvalue weighted by Crippen LogP contribution is 2.19. The molecule has 4 atom stereocenters. The second-order valence-electron chi connectivity index (χ2n) is 9.46. The number of allylic oxidation sites excluding steroid dienone is 1. The van der Waals surface area contributed by atoms with E-state index in [1.54, 1.807) is 0 Å². The molecule has 0 heterocycles. The van der Waals surface area contributed by atoms with Gasteiger partial charge in [0.15, 0.2) is 0 Å². The molecule has 0 aromatic carbocycles. The maximum Gasteiger partial charge on any atom is 0.101 e. The van der Waals surface area contributed by atoms with Crippen molar-refractivity contribution in [3.05, 3.63) is 11.6 Å². The van der Waals surface area contributed by atoms with Crippen LogP contribution in [0.5, 0.6) is 0 Å². The number of rotatable bonds is 22. The number of aliphatic hydroxyl groups excluding tert-OH is 4. The molecule has 32 heavy (non-hydrogen) atoms. The fraction of sp³-hybridized carbons (Fsp3) is 0.920. The molecule has 0 rings (SSSR count). The van der Waals surface area contributed by atoms with E-state index in [1.165, 1.54) is 37.7 Å². The van der Waals surface area contributed by atoms with Gasteiger partial charge in [0, 0.05) is 0 Å². The first kappa shape index (κ1) is 31.5. The summed E-state index contributed by atoms with van der Waals surface area (Å²) in [5, 5.41) is 37.3. The number of aliphatic hydroxyl groups is 4. The fourth-order valence-corrected chi connectivity index (χ4v) is 3.29. The maximum atomic E-state index is 9.87. The quantitative estimate of drug-likeness (QED) is 0.145. The average Bonchev–Trinajstić information content (AvgIpc) is 2.73. The van der Waals surface area contributed by atoms with Gasteiger partial charge in [0.1, 0.15) is 18.3 Å². The van der Waals surface area contributed by atoms with Gasteiger partial charge in [-0.15, -0.1) is 0 Å². The summed E-state index contributed by atoms with van der Waals surface area (Å²) < 4.78 is 15.8. The summed E-state index contributed by atoms with van der Waals surface area (Å²) in [4.78, 5) is 0. The van der Waals surface area contributed by atoms with E-state index >= 15 is 0 Å². The lowest BCUT2D eigenvalue weighted by atomic mass is 9.94. The highest BCUT2D eigenvalue weighted by Gasteiger charge is 2.10. The summed E-state index contributed by atoms with van der Waals surface area (Å²) in [6.45, 7) is 9.51. The monoisotopic (exact) mass is 462 g/mol. The van der Waals surface area contributed by atoms with Crippen LogP contribution in [0, 0.1) is 11.8 Å². The van der Waals surface area contributed by atoms with Gasteiger partial charge in [-0.1, -0.05) is 58.1 Å². The minimum absolute atomic E-state index is 0.00755. The molecule has 0 aromatic rings. The third kappa shape index (κ3) is 21.3. The molecular weight excluding hydrogens is 412 g/mol. The molecule has 192 valence electrons. The predicted octanol–water partition coefficient (Wildman–Crippen LogP) is 3.08. The van der Waals surface area contributed by atoms with Crippen LogP contribution in [-0.4, -0.2) is 85.0 Å². The fourth-order valence-electron chi connectivity index (χ4n) is 3.29. The first-order chi connectivity index (χ1) is 15.2. The molecule has 0 aliphatic carbocycles. The summed E-state index contributed by atoms with van der Waals surface area (Å²) in [5.74, 6) is 1.61. The van der Waals surface area contributed by atoms with Gasteiger partial charge in [-0.05, 0) is 38.0 Å². The van der Waals surface area contributed by atoms with Crippen molar-refractivity contribution < 1.29 is 34.6 Å². The third-order valence-corrected chi connectivity index (χ3v) is 5.26. The first-order valence-electron chi connectivity index (χ1n) is 12.3. The molecule has 0 spiro atoms. The molecule has 0 aliphatic heterocycles. The van der Waals surface area contributed by atoms with Crippen molar-refractivity contribution in [2.75, 3.05) is 46.2 Å². The van der Waals surface area contributed by atoms with E-state index in [0.717, 1.165) is 24.7 Å². The molecule has 0 fully saturated rings. The van der Waals surface area contributed by atoms with Gasteiger partial charge in [-0.2, -0.15) is 0 Å². The summed E-state index contributed by atoms with van der Waals surface area (Å²) in [6.07, 6.45) is 8.17. The Morgan fingerprint density at radius 1 is 0.750 bits per heavy atom. The van der Waals surface area contributed by atoms with E-state index in [2.05, 4.69) is 33.8 Å². The summed E-state index contributed by atoms with van der Waals surface area (Å²) in [6, 6.07) is 0. The van der Waals surface area contributed by atoms with Crippen LogP contribution in [0.25, 0.3) is 0 Å². The Labute approximate surface area is 195 Å². The SMILES string of the molecule is CC(=CCCOCC(O)COCC(O)COCC(O)CO)CCCC(C)CCCC(C)C. The van der Waals surface area contributed by atoms with E-state index in [1.807, 2.05) is 0 Å². The molecule has 0 amide bonds. The van der Waals surface area contributed by atoms with E-state index in [4.69, 9.17) is 24.4 Å². The lowest BCUT2D eigenvalue weighted by Gasteiger charge is -2.15. The van der Waals surface area contributed by atoms with Crippen molar-refractivity contribution in [3.63, 3.8) is 0 Å². The average molecular weight is 463 g/mol. The number of ether oxygens (including phenoxy) is 3. The van der Waals surface area contributed by atoms with E-state index in [0.29, 0.717) is 6.61 Å². The standard InChI is InChI=1S/C25H50O7/c1-20(2)8-5-9-21(3)10-6-11-22(4)12-7-13-30-16-24(28)17-32-19-25(29)18-31-15-23(27)14-26/h12,20-21,23-29H,5-11,13-19H2,1-4H3. The molecule has 7 heteroatoms. The topological polar surface area (TPSA) is 109 Å². The zero-order chi connectivity index (χ0) is 24.2. The van der Waals surface area contributed by atoms with Crippen LogP contribution in [-0.2, 0) is 14.2 Å². The van der Waals surface area contributed by atoms with Gasteiger partial charge >= 0.3 is 0 Å². The van der Waals surface area contributed by atoms with Crippen LogP contribution >= 0.6 is 0 Å². The van der Waals surface area contributed by atoms with E-state index in [-0.39, 0.29) is 39.6 Å². The van der Waals surface area contributed by atoms with Crippen molar-refractivity contribution in [1.82, 2.24) is 0 Å². The van der Waals surface area contributed by atoms with Crippen molar-refractivity contribution in [3.8, 4) is 0 Å². The van der Waals surface area contributed by atoms with Crippen LogP contribution in [0.15, 0.2) is 11.6 Å². The Bertz CT molecular complexity index is 442. The molecular formula is C25H50O7. The third-order valence-electron chi connectivity index (χ3n) is 5.26. The minimum atomic E-state index is -0.950. The van der Waals surface area contributed by atoms with Crippen molar-refractivity contribution in [2.45, 2.75) is 91.0 Å². The van der Waals surface area contributed by atoms with Crippen LogP contribution in [0.1, 0.15) is 72.6 Å². The second-order valence-corrected chi connectivity index (χ2v) is 9.46. The van der Waals surface area contributed by atoms with Gasteiger partial charge in [-0.25, -0.2) is 0 Å². The molecule has 0 aromatic heterocycles. The summed E-state index contributed by atoms with van der Waals surface area (Å²) in [7, 11) is 0. The molecule has 0 saturated heterocycles. The lowest BCUT2D eigenvalue weighted by molar-refractivity contribution is -0.0672. The maximum absolute atomic E-state index is 9.87. The number of hydrogen-bond donors (Lipinski definition) is 4. The highest BCUT2D eigenvalue weighted by atomic mass is 16.5. The number of hydrogen-bond acceptors (Lipinski definition) is 7. The van der Waals surface area contributed by atoms with Gasteiger partial charge in [-0.3, -0.25) is 0 Å². The van der Waals surface area contributed by atoms with Crippen LogP contribution in [0.4, 0.5) is 0 Å². The van der Waals surface area contributed by atoms with Crippen LogP contribution in [0.2, 0.25) is 0 Å². The Morgan fingerprint density at radius 3 is 1.84 bits per heavy atom. The van der Waals surface area contributed by atoms with Crippen molar-refractivity contribution >= 4 is 0 Å². The van der Waals surface area contributed by atoms with Crippen molar-refractivity contribution in [1.29, 1.82) is 0 Å². The second kappa shape index (κ2) is 21.0. The molecule has 0 radical (unpaired) electrons. The van der Waals surface area contributed by atoms with E-state index in [9.17, 15) is 10.2 Å². The first-order valence-corrected chi connectivity index (χ1v) is 12.3.